The number of hydrogen-bond donors (Lipinski definition) is 4. The molecule has 3 rings (SSSR count). The third kappa shape index (κ3) is 5.52. The van der Waals surface area contributed by atoms with Crippen LogP contribution in [0.1, 0.15) is 20.9 Å². The van der Waals surface area contributed by atoms with Crippen LogP contribution in [0.2, 0.25) is 5.02 Å². The van der Waals surface area contributed by atoms with E-state index in [4.69, 9.17) is 20.8 Å². The van der Waals surface area contributed by atoms with Crippen molar-refractivity contribution in [3.8, 4) is 11.5 Å². The molecule has 2 aromatic carbocycles. The molecule has 0 unspecified atom stereocenters. The first-order valence-electron chi connectivity index (χ1n) is 8.58. The summed E-state index contributed by atoms with van der Waals surface area (Å²) in [7, 11) is 0. The Morgan fingerprint density at radius 1 is 1.00 bits per heavy atom. The summed E-state index contributed by atoms with van der Waals surface area (Å²) in [5.41, 5.74) is 4.66. The third-order valence-electron chi connectivity index (χ3n) is 3.73. The molecule has 3 aromatic rings. The third-order valence-corrected chi connectivity index (χ3v) is 3.96. The van der Waals surface area contributed by atoms with Gasteiger partial charge in [0.05, 0.1) is 11.8 Å². The lowest BCUT2D eigenvalue weighted by atomic mass is 10.2. The Morgan fingerprint density at radius 3 is 2.60 bits per heavy atom. The number of furan rings is 1. The second kappa shape index (κ2) is 9.48. The molecule has 30 heavy (non-hydrogen) atoms. The predicted octanol–water partition coefficient (Wildman–Crippen LogP) is 2.73. The van der Waals surface area contributed by atoms with Gasteiger partial charge in [-0.15, -0.1) is 0 Å². The zero-order valence-electron chi connectivity index (χ0n) is 15.3. The summed E-state index contributed by atoms with van der Waals surface area (Å²) >= 11 is 5.78. The molecule has 0 aliphatic heterocycles. The van der Waals surface area contributed by atoms with Gasteiger partial charge >= 0.3 is 0 Å². The molecule has 3 amide bonds. The van der Waals surface area contributed by atoms with Crippen LogP contribution in [-0.2, 0) is 4.79 Å². The Hall–Kier alpha value is -3.98. The van der Waals surface area contributed by atoms with Crippen LogP contribution >= 0.6 is 11.6 Å². The number of hydrazine groups is 1. The largest absolute Gasteiger partial charge is 0.507 e. The summed E-state index contributed by atoms with van der Waals surface area (Å²) < 4.78 is 10.4. The molecule has 0 atom stereocenters. The molecule has 1 aromatic heterocycles. The van der Waals surface area contributed by atoms with Crippen molar-refractivity contribution in [3.63, 3.8) is 0 Å². The van der Waals surface area contributed by atoms with E-state index in [1.165, 1.54) is 36.6 Å². The van der Waals surface area contributed by atoms with Crippen molar-refractivity contribution >= 4 is 35.0 Å². The molecule has 0 aliphatic carbocycles. The van der Waals surface area contributed by atoms with Crippen LogP contribution in [0.5, 0.6) is 11.5 Å². The highest BCUT2D eigenvalue weighted by Crippen LogP contribution is 2.21. The summed E-state index contributed by atoms with van der Waals surface area (Å²) in [6.07, 6.45) is 1.39. The predicted molar refractivity (Wildman–Crippen MR) is 107 cm³/mol. The summed E-state index contributed by atoms with van der Waals surface area (Å²) in [6, 6.07) is 13.5. The van der Waals surface area contributed by atoms with Crippen molar-refractivity contribution in [2.75, 3.05) is 11.9 Å². The minimum atomic E-state index is -0.744. The van der Waals surface area contributed by atoms with E-state index in [0.29, 0.717) is 11.4 Å². The van der Waals surface area contributed by atoms with E-state index in [1.807, 2.05) is 0 Å². The Labute approximate surface area is 175 Å². The second-order valence-corrected chi connectivity index (χ2v) is 6.35. The first-order valence-corrected chi connectivity index (χ1v) is 8.95. The van der Waals surface area contributed by atoms with Crippen LogP contribution in [0.25, 0.3) is 0 Å². The molecular formula is C20H16ClN3O6. The molecule has 0 saturated heterocycles. The highest BCUT2D eigenvalue weighted by Gasteiger charge is 2.13. The molecule has 9 nitrogen and oxygen atoms in total. The Bertz CT molecular complexity index is 1070. The zero-order valence-corrected chi connectivity index (χ0v) is 16.1. The van der Waals surface area contributed by atoms with Crippen LogP contribution in [0.15, 0.2) is 65.3 Å². The maximum Gasteiger partial charge on any atom is 0.291 e. The monoisotopic (exact) mass is 429 g/mol. The highest BCUT2D eigenvalue weighted by molar-refractivity contribution is 6.31. The highest BCUT2D eigenvalue weighted by atomic mass is 35.5. The van der Waals surface area contributed by atoms with Gasteiger partial charge in [0.25, 0.3) is 17.7 Å². The fourth-order valence-corrected chi connectivity index (χ4v) is 2.51. The number of phenols is 1. The van der Waals surface area contributed by atoms with Gasteiger partial charge < -0.3 is 19.6 Å². The summed E-state index contributed by atoms with van der Waals surface area (Å²) in [5.74, 6) is -1.62. The van der Waals surface area contributed by atoms with E-state index >= 15 is 0 Å². The average molecular weight is 430 g/mol. The second-order valence-electron chi connectivity index (χ2n) is 5.91. The van der Waals surface area contributed by atoms with Gasteiger partial charge in [0, 0.05) is 16.8 Å². The number of benzene rings is 2. The minimum Gasteiger partial charge on any atom is -0.507 e. The number of nitrogens with one attached hydrogen (secondary N) is 3. The molecule has 0 aliphatic rings. The van der Waals surface area contributed by atoms with Crippen LogP contribution in [-0.4, -0.2) is 29.4 Å². The molecule has 154 valence electrons. The number of aromatic hydroxyl groups is 1. The number of carbonyl (C=O) groups excluding carboxylic acids is 3. The van der Waals surface area contributed by atoms with Gasteiger partial charge in [-0.1, -0.05) is 17.7 Å². The molecule has 0 radical (unpaired) electrons. The normalized spacial score (nSPS) is 10.2. The number of rotatable bonds is 6. The maximum absolute atomic E-state index is 12.0. The number of amides is 3. The van der Waals surface area contributed by atoms with Gasteiger partial charge in [-0.25, -0.2) is 0 Å². The summed E-state index contributed by atoms with van der Waals surface area (Å²) in [4.78, 5) is 35.9. The lowest BCUT2D eigenvalue weighted by molar-refractivity contribution is -0.123. The number of anilines is 1. The van der Waals surface area contributed by atoms with E-state index < -0.39 is 24.3 Å². The van der Waals surface area contributed by atoms with Gasteiger partial charge in [0.1, 0.15) is 11.5 Å². The average Bonchev–Trinajstić information content (AvgIpc) is 3.27. The molecule has 10 heteroatoms. The lowest BCUT2D eigenvalue weighted by Gasteiger charge is -2.10. The molecule has 4 N–H and O–H groups in total. The van der Waals surface area contributed by atoms with Crippen LogP contribution < -0.4 is 20.9 Å². The first-order chi connectivity index (χ1) is 14.4. The molecule has 1 heterocycles. The number of phenolic OH excluding ortho intramolecular Hbond substituents is 1. The van der Waals surface area contributed by atoms with Gasteiger partial charge in [-0.3, -0.25) is 25.2 Å². The zero-order chi connectivity index (χ0) is 21.5. The van der Waals surface area contributed by atoms with Crippen LogP contribution in [0.3, 0.4) is 0 Å². The van der Waals surface area contributed by atoms with E-state index in [9.17, 15) is 19.5 Å². The van der Waals surface area contributed by atoms with E-state index in [1.54, 1.807) is 24.3 Å². The van der Waals surface area contributed by atoms with Crippen molar-refractivity contribution < 1.29 is 28.6 Å². The summed E-state index contributed by atoms with van der Waals surface area (Å²) in [6.45, 7) is -0.405. The molecule has 0 bridgehead atoms. The minimum absolute atomic E-state index is 0.0938. The number of carbonyl (C=O) groups is 3. The number of hydrogen-bond acceptors (Lipinski definition) is 6. The first kappa shape index (κ1) is 20.7. The number of halogens is 1. The standard InChI is InChI=1S/C20H16ClN3O6/c21-12-6-7-16(25)15(9-12)19(27)24-23-18(26)11-30-14-4-1-3-13(10-14)22-20(28)17-5-2-8-29-17/h1-10,25H,11H2,(H,22,28)(H,23,26)(H,24,27). The maximum atomic E-state index is 12.0. The van der Waals surface area contributed by atoms with Crippen LogP contribution in [0, 0.1) is 0 Å². The van der Waals surface area contributed by atoms with Gasteiger partial charge in [0.15, 0.2) is 12.4 Å². The van der Waals surface area contributed by atoms with Crippen molar-refractivity contribution in [1.82, 2.24) is 10.9 Å². The number of ether oxygens (including phenoxy) is 1. The molecule has 0 fully saturated rings. The summed E-state index contributed by atoms with van der Waals surface area (Å²) in [5, 5.41) is 12.6. The van der Waals surface area contributed by atoms with Crippen molar-refractivity contribution in [2.24, 2.45) is 0 Å². The van der Waals surface area contributed by atoms with Crippen molar-refractivity contribution in [2.45, 2.75) is 0 Å². The smallest absolute Gasteiger partial charge is 0.291 e. The molecule has 0 spiro atoms. The van der Waals surface area contributed by atoms with Crippen molar-refractivity contribution in [3.05, 3.63) is 77.2 Å². The van der Waals surface area contributed by atoms with E-state index in [-0.39, 0.29) is 22.1 Å². The van der Waals surface area contributed by atoms with Crippen LogP contribution in [0.4, 0.5) is 5.69 Å². The SMILES string of the molecule is O=C(COc1cccc(NC(=O)c2ccco2)c1)NNC(=O)c1cc(Cl)ccc1O. The van der Waals surface area contributed by atoms with Gasteiger partial charge in [0.2, 0.25) is 0 Å². The topological polar surface area (TPSA) is 130 Å². The fourth-order valence-electron chi connectivity index (χ4n) is 2.33. The lowest BCUT2D eigenvalue weighted by Crippen LogP contribution is -2.43. The molecular weight excluding hydrogens is 414 g/mol. The Kier molecular flexibility index (Phi) is 6.56. The quantitative estimate of drug-likeness (QED) is 0.446. The van der Waals surface area contributed by atoms with E-state index in [0.717, 1.165) is 0 Å². The van der Waals surface area contributed by atoms with Gasteiger partial charge in [-0.05, 0) is 42.5 Å². The van der Waals surface area contributed by atoms with Gasteiger partial charge in [-0.2, -0.15) is 0 Å². The Morgan fingerprint density at radius 2 is 1.83 bits per heavy atom. The fraction of sp³-hybridized carbons (Fsp3) is 0.0500. The van der Waals surface area contributed by atoms with Crippen molar-refractivity contribution in [1.29, 1.82) is 0 Å². The Balaban J connectivity index is 1.49. The molecule has 0 saturated carbocycles. The van der Waals surface area contributed by atoms with E-state index in [2.05, 4.69) is 16.2 Å².